The molecule has 0 aliphatic heterocycles. The highest BCUT2D eigenvalue weighted by atomic mass is 32.2. The third-order valence-corrected chi connectivity index (χ3v) is 5.06. The fourth-order valence-electron chi connectivity index (χ4n) is 2.64. The molecule has 6 nitrogen and oxygen atoms in total. The fraction of sp³-hybridized carbons (Fsp3) is 0.150. The van der Waals surface area contributed by atoms with Crippen LogP contribution in [-0.2, 0) is 5.75 Å². The van der Waals surface area contributed by atoms with Gasteiger partial charge in [-0.15, -0.1) is 11.8 Å². The van der Waals surface area contributed by atoms with Crippen LogP contribution in [0.3, 0.4) is 0 Å². The van der Waals surface area contributed by atoms with Gasteiger partial charge < -0.3 is 16.2 Å². The Balaban J connectivity index is 1.77. The summed E-state index contributed by atoms with van der Waals surface area (Å²) < 4.78 is 0. The summed E-state index contributed by atoms with van der Waals surface area (Å²) in [5.41, 5.74) is 9.26. The number of aromatic nitrogens is 2. The molecule has 2 heterocycles. The first kappa shape index (κ1) is 18.7. The minimum Gasteiger partial charge on any atom is -0.507 e. The Morgan fingerprint density at radius 3 is 2.59 bits per heavy atom. The number of thioether (sulfide) groups is 1. The molecule has 0 saturated carbocycles. The number of phenols is 1. The van der Waals surface area contributed by atoms with Crippen LogP contribution >= 0.6 is 11.8 Å². The first-order valence-corrected chi connectivity index (χ1v) is 9.32. The van der Waals surface area contributed by atoms with E-state index in [0.29, 0.717) is 39.0 Å². The van der Waals surface area contributed by atoms with E-state index in [-0.39, 0.29) is 11.7 Å². The predicted molar refractivity (Wildman–Crippen MR) is 108 cm³/mol. The summed E-state index contributed by atoms with van der Waals surface area (Å²) in [6, 6.07) is 10.6. The summed E-state index contributed by atoms with van der Waals surface area (Å²) in [6.07, 6.45) is 3.32. The third kappa shape index (κ3) is 4.57. The van der Waals surface area contributed by atoms with Gasteiger partial charge >= 0.3 is 0 Å². The Morgan fingerprint density at radius 1 is 1.15 bits per heavy atom. The van der Waals surface area contributed by atoms with Crippen LogP contribution in [0.5, 0.6) is 5.75 Å². The van der Waals surface area contributed by atoms with Gasteiger partial charge in [-0.25, -0.2) is 9.97 Å². The van der Waals surface area contributed by atoms with Crippen LogP contribution in [0, 0.1) is 13.8 Å². The molecular formula is C20H20N4O2S. The Kier molecular flexibility index (Phi) is 5.61. The Hall–Kier alpha value is -3.06. The van der Waals surface area contributed by atoms with E-state index in [0.717, 1.165) is 5.56 Å². The molecule has 3 aromatic rings. The molecule has 2 aromatic heterocycles. The number of aromatic hydroxyl groups is 1. The molecule has 0 radical (unpaired) electrons. The molecule has 3 rings (SSSR count). The number of benzene rings is 1. The second-order valence-electron chi connectivity index (χ2n) is 6.15. The summed E-state index contributed by atoms with van der Waals surface area (Å²) in [6.45, 7) is 3.59. The van der Waals surface area contributed by atoms with Gasteiger partial charge in [-0.3, -0.25) is 4.79 Å². The number of carbonyl (C=O) groups excluding carboxylic acids is 1. The van der Waals surface area contributed by atoms with Crippen LogP contribution in [-0.4, -0.2) is 21.0 Å². The van der Waals surface area contributed by atoms with E-state index in [9.17, 15) is 9.90 Å². The summed E-state index contributed by atoms with van der Waals surface area (Å²) in [7, 11) is 0. The Labute approximate surface area is 161 Å². The van der Waals surface area contributed by atoms with Gasteiger partial charge in [0.05, 0.1) is 5.56 Å². The van der Waals surface area contributed by atoms with Gasteiger partial charge in [-0.1, -0.05) is 0 Å². The first-order chi connectivity index (χ1) is 12.9. The lowest BCUT2D eigenvalue weighted by atomic mass is 10.1. The molecule has 1 aromatic carbocycles. The van der Waals surface area contributed by atoms with Crippen molar-refractivity contribution in [2.45, 2.75) is 24.6 Å². The molecule has 138 valence electrons. The molecule has 0 fully saturated rings. The number of hydrogen-bond donors (Lipinski definition) is 3. The summed E-state index contributed by atoms with van der Waals surface area (Å²) in [4.78, 5) is 21.1. The number of hydrogen-bond acceptors (Lipinski definition) is 6. The largest absolute Gasteiger partial charge is 0.507 e. The van der Waals surface area contributed by atoms with Crippen LogP contribution in [0.4, 0.5) is 11.5 Å². The summed E-state index contributed by atoms with van der Waals surface area (Å²) in [5.74, 6) is 1.08. The number of nitrogens with two attached hydrogens (primary N) is 1. The lowest BCUT2D eigenvalue weighted by molar-refractivity contribution is 0.102. The van der Waals surface area contributed by atoms with Gasteiger partial charge in [0.2, 0.25) is 0 Å². The van der Waals surface area contributed by atoms with E-state index in [1.807, 2.05) is 6.07 Å². The Bertz CT molecular complexity index is 968. The quantitative estimate of drug-likeness (QED) is 0.458. The molecule has 0 spiro atoms. The van der Waals surface area contributed by atoms with E-state index in [1.165, 1.54) is 11.8 Å². The van der Waals surface area contributed by atoms with E-state index < -0.39 is 0 Å². The predicted octanol–water partition coefficient (Wildman–Crippen LogP) is 3.93. The zero-order valence-electron chi connectivity index (χ0n) is 15.1. The molecule has 7 heteroatoms. The molecule has 27 heavy (non-hydrogen) atoms. The molecule has 0 aliphatic carbocycles. The van der Waals surface area contributed by atoms with Crippen LogP contribution in [0.1, 0.15) is 27.0 Å². The topological polar surface area (TPSA) is 101 Å². The minimum atomic E-state index is -0.246. The van der Waals surface area contributed by atoms with Gasteiger partial charge in [0.15, 0.2) is 0 Å². The molecule has 4 N–H and O–H groups in total. The molecule has 0 unspecified atom stereocenters. The van der Waals surface area contributed by atoms with E-state index in [1.54, 1.807) is 56.6 Å². The number of aryl methyl sites for hydroxylation is 2. The number of carbonyl (C=O) groups is 1. The van der Waals surface area contributed by atoms with Gasteiger partial charge in [-0.05, 0) is 66.9 Å². The van der Waals surface area contributed by atoms with Crippen LogP contribution in [0.25, 0.3) is 0 Å². The number of nitrogen functional groups attached to an aromatic ring is 1. The maximum atomic E-state index is 12.8. The SMILES string of the molecule is Cc1cc(NC(=O)c2cccnc2SCc2ccnc(N)c2)cc(C)c1O. The van der Waals surface area contributed by atoms with Crippen molar-refractivity contribution < 1.29 is 9.90 Å². The van der Waals surface area contributed by atoms with Crippen molar-refractivity contribution in [3.63, 3.8) is 0 Å². The van der Waals surface area contributed by atoms with E-state index >= 15 is 0 Å². The standard InChI is InChI=1S/C20H20N4O2S/c1-12-8-15(9-13(2)18(12)25)24-19(26)16-4-3-6-23-20(16)27-11-14-5-7-22-17(21)10-14/h3-10,25H,11H2,1-2H3,(H2,21,22)(H,24,26). The van der Waals surface area contributed by atoms with Crippen molar-refractivity contribution in [1.29, 1.82) is 0 Å². The maximum absolute atomic E-state index is 12.8. The average molecular weight is 380 g/mol. The van der Waals surface area contributed by atoms with Crippen molar-refractivity contribution in [3.05, 3.63) is 71.0 Å². The number of phenolic OH excluding ortho intramolecular Hbond substituents is 1. The van der Waals surface area contributed by atoms with Crippen molar-refractivity contribution in [2.75, 3.05) is 11.1 Å². The molecule has 1 amide bonds. The van der Waals surface area contributed by atoms with E-state index in [2.05, 4.69) is 15.3 Å². The zero-order valence-corrected chi connectivity index (χ0v) is 15.9. The molecule has 0 saturated heterocycles. The second-order valence-corrected chi connectivity index (χ2v) is 7.11. The van der Waals surface area contributed by atoms with Gasteiger partial charge in [0.1, 0.15) is 16.6 Å². The number of anilines is 2. The first-order valence-electron chi connectivity index (χ1n) is 8.34. The summed E-state index contributed by atoms with van der Waals surface area (Å²) >= 11 is 1.46. The fourth-order valence-corrected chi connectivity index (χ4v) is 3.58. The number of nitrogens with zero attached hydrogens (tertiary/aromatic N) is 2. The smallest absolute Gasteiger partial charge is 0.258 e. The highest BCUT2D eigenvalue weighted by Gasteiger charge is 2.14. The van der Waals surface area contributed by atoms with Crippen LogP contribution in [0.2, 0.25) is 0 Å². The monoisotopic (exact) mass is 380 g/mol. The lowest BCUT2D eigenvalue weighted by Crippen LogP contribution is -2.14. The van der Waals surface area contributed by atoms with Crippen molar-refractivity contribution in [2.24, 2.45) is 0 Å². The van der Waals surface area contributed by atoms with Crippen LogP contribution in [0.15, 0.2) is 53.8 Å². The zero-order chi connectivity index (χ0) is 19.4. The molecular weight excluding hydrogens is 360 g/mol. The van der Waals surface area contributed by atoms with Gasteiger partial charge in [-0.2, -0.15) is 0 Å². The number of rotatable bonds is 5. The summed E-state index contributed by atoms with van der Waals surface area (Å²) in [5, 5.41) is 13.4. The second kappa shape index (κ2) is 8.09. The maximum Gasteiger partial charge on any atom is 0.258 e. The number of nitrogens with one attached hydrogen (secondary N) is 1. The number of amides is 1. The van der Waals surface area contributed by atoms with Crippen molar-refractivity contribution in [3.8, 4) is 5.75 Å². The lowest BCUT2D eigenvalue weighted by Gasteiger charge is -2.11. The molecule has 0 aliphatic rings. The molecule has 0 atom stereocenters. The minimum absolute atomic E-state index is 0.238. The molecule has 0 bridgehead atoms. The average Bonchev–Trinajstić information content (AvgIpc) is 2.64. The highest BCUT2D eigenvalue weighted by Crippen LogP contribution is 2.28. The van der Waals surface area contributed by atoms with E-state index in [4.69, 9.17) is 5.73 Å². The van der Waals surface area contributed by atoms with Gasteiger partial charge in [0, 0.05) is 23.8 Å². The van der Waals surface area contributed by atoms with Gasteiger partial charge in [0.25, 0.3) is 5.91 Å². The Morgan fingerprint density at radius 2 is 1.89 bits per heavy atom. The van der Waals surface area contributed by atoms with Crippen LogP contribution < -0.4 is 11.1 Å². The number of pyridine rings is 2. The van der Waals surface area contributed by atoms with Crippen molar-refractivity contribution in [1.82, 2.24) is 9.97 Å². The third-order valence-electron chi connectivity index (χ3n) is 3.99. The highest BCUT2D eigenvalue weighted by molar-refractivity contribution is 7.98. The normalized spacial score (nSPS) is 10.6. The van der Waals surface area contributed by atoms with Crippen molar-refractivity contribution >= 4 is 29.2 Å².